The molecule has 144 valence electrons. The number of carbonyl (C=O) groups is 1. The van der Waals surface area contributed by atoms with E-state index < -0.39 is 5.97 Å². The van der Waals surface area contributed by atoms with Gasteiger partial charge in [-0.15, -0.1) is 0 Å². The molecule has 0 spiro atoms. The molecule has 6 heteroatoms. The van der Waals surface area contributed by atoms with E-state index in [2.05, 4.69) is 34.3 Å². The summed E-state index contributed by atoms with van der Waals surface area (Å²) in [6.45, 7) is 2.47. The number of rotatable bonds is 6. The fourth-order valence-corrected chi connectivity index (χ4v) is 3.92. The third-order valence-corrected chi connectivity index (χ3v) is 5.37. The summed E-state index contributed by atoms with van der Waals surface area (Å²) in [6.07, 6.45) is 1.48. The molecule has 0 atom stereocenters. The van der Waals surface area contributed by atoms with E-state index in [1.54, 1.807) is 4.68 Å². The Morgan fingerprint density at radius 2 is 1.82 bits per heavy atom. The molecule has 1 aromatic heterocycles. The Morgan fingerprint density at radius 3 is 2.54 bits per heavy atom. The number of aliphatic carboxylic acids is 1. The molecule has 28 heavy (non-hydrogen) atoms. The van der Waals surface area contributed by atoms with Crippen molar-refractivity contribution in [3.05, 3.63) is 87.7 Å². The Hall–Kier alpha value is -2.63. The minimum absolute atomic E-state index is 0.0956. The average molecular weight is 396 g/mol. The molecule has 2 heterocycles. The lowest BCUT2D eigenvalue weighted by atomic mass is 10.0. The summed E-state index contributed by atoms with van der Waals surface area (Å²) in [6, 6.07) is 18.2. The molecule has 2 aromatic carbocycles. The predicted molar refractivity (Wildman–Crippen MR) is 108 cm³/mol. The highest BCUT2D eigenvalue weighted by Crippen LogP contribution is 2.26. The topological polar surface area (TPSA) is 58.4 Å². The number of fused-ring (bicyclic) bond motifs is 1. The smallest absolute Gasteiger partial charge is 0.325 e. The second-order valence-corrected chi connectivity index (χ2v) is 7.61. The van der Waals surface area contributed by atoms with Crippen molar-refractivity contribution in [2.45, 2.75) is 32.5 Å². The Kier molecular flexibility index (Phi) is 5.46. The SMILES string of the molecule is O=C(O)Cn1nc(Cc2ccc(Cl)cc2)c2c1CCN(Cc1ccccc1)C2. The standard InChI is InChI=1S/C22H22ClN3O2/c23-18-8-6-16(7-9-18)12-20-19-14-25(13-17-4-2-1-3-5-17)11-10-21(19)26(24-20)15-22(27)28/h1-9H,10-15H2,(H,27,28). The average Bonchev–Trinajstić information content (AvgIpc) is 3.00. The minimum atomic E-state index is -0.866. The molecule has 5 nitrogen and oxygen atoms in total. The molecular weight excluding hydrogens is 374 g/mol. The molecule has 0 amide bonds. The van der Waals surface area contributed by atoms with Crippen LogP contribution >= 0.6 is 11.6 Å². The van der Waals surface area contributed by atoms with E-state index in [0.29, 0.717) is 11.4 Å². The molecule has 4 rings (SSSR count). The molecule has 1 aliphatic rings. The second-order valence-electron chi connectivity index (χ2n) is 7.17. The number of halogens is 1. The lowest BCUT2D eigenvalue weighted by molar-refractivity contribution is -0.137. The van der Waals surface area contributed by atoms with E-state index in [4.69, 9.17) is 11.6 Å². The lowest BCUT2D eigenvalue weighted by Gasteiger charge is -2.27. The van der Waals surface area contributed by atoms with Crippen LogP contribution in [-0.2, 0) is 37.3 Å². The summed E-state index contributed by atoms with van der Waals surface area (Å²) in [5.74, 6) is -0.866. The molecule has 3 aromatic rings. The highest BCUT2D eigenvalue weighted by molar-refractivity contribution is 6.30. The van der Waals surface area contributed by atoms with Gasteiger partial charge in [-0.05, 0) is 23.3 Å². The molecule has 0 bridgehead atoms. The number of hydrogen-bond donors (Lipinski definition) is 1. The Morgan fingerprint density at radius 1 is 1.07 bits per heavy atom. The Labute approximate surface area is 169 Å². The summed E-state index contributed by atoms with van der Waals surface area (Å²) in [5.41, 5.74) is 5.57. The van der Waals surface area contributed by atoms with Crippen LogP contribution in [0.25, 0.3) is 0 Å². The third kappa shape index (κ3) is 4.26. The van der Waals surface area contributed by atoms with Gasteiger partial charge in [0.05, 0.1) is 5.69 Å². The van der Waals surface area contributed by atoms with E-state index in [1.165, 1.54) is 11.1 Å². The number of carboxylic acids is 1. The van der Waals surface area contributed by atoms with Crippen LogP contribution in [-0.4, -0.2) is 32.3 Å². The molecule has 0 saturated carbocycles. The summed E-state index contributed by atoms with van der Waals surface area (Å²) < 4.78 is 1.67. The van der Waals surface area contributed by atoms with Crippen LogP contribution in [0.2, 0.25) is 5.02 Å². The Balaban J connectivity index is 1.60. The molecule has 0 saturated heterocycles. The predicted octanol–water partition coefficient (Wildman–Crippen LogP) is 3.77. The molecule has 1 N–H and O–H groups in total. The first-order valence-electron chi connectivity index (χ1n) is 9.38. The summed E-state index contributed by atoms with van der Waals surface area (Å²) in [7, 11) is 0. The fraction of sp³-hybridized carbons (Fsp3) is 0.273. The number of aromatic nitrogens is 2. The van der Waals surface area contributed by atoms with Crippen molar-refractivity contribution in [2.75, 3.05) is 6.54 Å². The van der Waals surface area contributed by atoms with Gasteiger partial charge in [0.15, 0.2) is 0 Å². The van der Waals surface area contributed by atoms with Crippen molar-refractivity contribution >= 4 is 17.6 Å². The van der Waals surface area contributed by atoms with Crippen molar-refractivity contribution in [2.24, 2.45) is 0 Å². The fourth-order valence-electron chi connectivity index (χ4n) is 3.79. The molecule has 0 radical (unpaired) electrons. The van der Waals surface area contributed by atoms with Crippen LogP contribution in [0.5, 0.6) is 0 Å². The van der Waals surface area contributed by atoms with Crippen LogP contribution < -0.4 is 0 Å². The first-order chi connectivity index (χ1) is 13.6. The van der Waals surface area contributed by atoms with Crippen molar-refractivity contribution in [1.29, 1.82) is 0 Å². The van der Waals surface area contributed by atoms with Gasteiger partial charge in [-0.2, -0.15) is 5.10 Å². The van der Waals surface area contributed by atoms with E-state index in [1.807, 2.05) is 30.3 Å². The van der Waals surface area contributed by atoms with E-state index in [9.17, 15) is 9.90 Å². The van der Waals surface area contributed by atoms with E-state index in [-0.39, 0.29) is 6.54 Å². The lowest BCUT2D eigenvalue weighted by Crippen LogP contribution is -2.31. The highest BCUT2D eigenvalue weighted by atomic mass is 35.5. The number of hydrogen-bond acceptors (Lipinski definition) is 3. The largest absolute Gasteiger partial charge is 0.480 e. The van der Waals surface area contributed by atoms with Crippen molar-refractivity contribution < 1.29 is 9.90 Å². The zero-order valence-electron chi connectivity index (χ0n) is 15.5. The molecular formula is C22H22ClN3O2. The van der Waals surface area contributed by atoms with Gasteiger partial charge in [-0.1, -0.05) is 54.1 Å². The van der Waals surface area contributed by atoms with Crippen LogP contribution in [0.3, 0.4) is 0 Å². The Bertz CT molecular complexity index is 967. The van der Waals surface area contributed by atoms with Gasteiger partial charge in [0, 0.05) is 48.8 Å². The van der Waals surface area contributed by atoms with Crippen LogP contribution in [0.15, 0.2) is 54.6 Å². The van der Waals surface area contributed by atoms with E-state index in [0.717, 1.165) is 43.0 Å². The number of nitrogens with zero attached hydrogens (tertiary/aromatic N) is 3. The van der Waals surface area contributed by atoms with Gasteiger partial charge in [-0.3, -0.25) is 14.4 Å². The first kappa shape index (κ1) is 18.7. The molecule has 0 fully saturated rings. The molecule has 0 aliphatic carbocycles. The summed E-state index contributed by atoms with van der Waals surface area (Å²) in [5, 5.41) is 14.6. The van der Waals surface area contributed by atoms with Gasteiger partial charge in [0.2, 0.25) is 0 Å². The summed E-state index contributed by atoms with van der Waals surface area (Å²) in [4.78, 5) is 13.7. The highest BCUT2D eigenvalue weighted by Gasteiger charge is 2.25. The quantitative estimate of drug-likeness (QED) is 0.690. The monoisotopic (exact) mass is 395 g/mol. The number of carboxylic acid groups (broad SMARTS) is 1. The van der Waals surface area contributed by atoms with Crippen LogP contribution in [0, 0.1) is 0 Å². The first-order valence-corrected chi connectivity index (χ1v) is 9.76. The third-order valence-electron chi connectivity index (χ3n) is 5.12. The van der Waals surface area contributed by atoms with Gasteiger partial charge < -0.3 is 5.11 Å². The summed E-state index contributed by atoms with van der Waals surface area (Å²) >= 11 is 6.00. The van der Waals surface area contributed by atoms with Crippen LogP contribution in [0.1, 0.15) is 28.1 Å². The van der Waals surface area contributed by atoms with Crippen molar-refractivity contribution in [1.82, 2.24) is 14.7 Å². The normalized spacial score (nSPS) is 14.0. The second kappa shape index (κ2) is 8.17. The molecule has 1 aliphatic heterocycles. The number of benzene rings is 2. The zero-order valence-corrected chi connectivity index (χ0v) is 16.3. The maximum absolute atomic E-state index is 11.3. The van der Waals surface area contributed by atoms with Gasteiger partial charge in [0.25, 0.3) is 0 Å². The van der Waals surface area contributed by atoms with E-state index >= 15 is 0 Å². The van der Waals surface area contributed by atoms with Gasteiger partial charge in [0.1, 0.15) is 6.54 Å². The zero-order chi connectivity index (χ0) is 19.5. The van der Waals surface area contributed by atoms with Crippen molar-refractivity contribution in [3.8, 4) is 0 Å². The minimum Gasteiger partial charge on any atom is -0.480 e. The van der Waals surface area contributed by atoms with Gasteiger partial charge >= 0.3 is 5.97 Å². The maximum Gasteiger partial charge on any atom is 0.325 e. The maximum atomic E-state index is 11.3. The molecule has 0 unspecified atom stereocenters. The van der Waals surface area contributed by atoms with Crippen LogP contribution in [0.4, 0.5) is 0 Å². The van der Waals surface area contributed by atoms with Crippen molar-refractivity contribution in [3.63, 3.8) is 0 Å². The van der Waals surface area contributed by atoms with Gasteiger partial charge in [-0.25, -0.2) is 0 Å².